The molecule has 0 fully saturated rings. The molecule has 23 heavy (non-hydrogen) atoms. The minimum Gasteiger partial charge on any atom is -0.494 e. The quantitative estimate of drug-likeness (QED) is 0.621. The van der Waals surface area contributed by atoms with Crippen LogP contribution in [0.5, 0.6) is 5.75 Å². The van der Waals surface area contributed by atoms with E-state index in [-0.39, 0.29) is 0 Å². The van der Waals surface area contributed by atoms with Gasteiger partial charge in [-0.3, -0.25) is 0 Å². The molecule has 1 aromatic heterocycles. The maximum absolute atomic E-state index is 6.07. The summed E-state index contributed by atoms with van der Waals surface area (Å²) < 4.78 is 10.8. The molecule has 2 rings (SSSR count). The molecule has 0 aliphatic heterocycles. The second-order valence-electron chi connectivity index (χ2n) is 4.71. The highest BCUT2D eigenvalue weighted by Gasteiger charge is 2.13. The molecule has 0 saturated carbocycles. The van der Waals surface area contributed by atoms with Gasteiger partial charge < -0.3 is 20.5 Å². The fourth-order valence-electron chi connectivity index (χ4n) is 1.96. The van der Waals surface area contributed by atoms with Crippen molar-refractivity contribution in [2.24, 2.45) is 0 Å². The van der Waals surface area contributed by atoms with Gasteiger partial charge in [0.15, 0.2) is 5.05 Å². The zero-order chi connectivity index (χ0) is 16.8. The van der Waals surface area contributed by atoms with E-state index in [4.69, 9.17) is 27.4 Å². The molecule has 0 atom stereocenters. The van der Waals surface area contributed by atoms with Crippen LogP contribution in [-0.2, 0) is 4.74 Å². The maximum Gasteiger partial charge on any atom is 0.196 e. The van der Waals surface area contributed by atoms with Crippen molar-refractivity contribution in [3.63, 3.8) is 0 Å². The van der Waals surface area contributed by atoms with Gasteiger partial charge in [0.2, 0.25) is 0 Å². The minimum absolute atomic E-state index is 0.347. The number of aromatic nitrogens is 2. The topological polar surface area (TPSA) is 82.3 Å². The lowest BCUT2D eigenvalue weighted by atomic mass is 10.2. The number of benzene rings is 1. The Labute approximate surface area is 141 Å². The van der Waals surface area contributed by atoms with Crippen molar-refractivity contribution in [3.8, 4) is 5.75 Å². The van der Waals surface area contributed by atoms with Crippen LogP contribution in [0.25, 0.3) is 0 Å². The SMILES string of the molecule is CCOC(=S)c1cnc(C)nc1Nc1ccc(OCC)cc1N. The highest BCUT2D eigenvalue weighted by molar-refractivity contribution is 7.80. The summed E-state index contributed by atoms with van der Waals surface area (Å²) in [5, 5.41) is 3.54. The van der Waals surface area contributed by atoms with Gasteiger partial charge in [-0.2, -0.15) is 0 Å². The average Bonchev–Trinajstić information content (AvgIpc) is 2.50. The number of ether oxygens (including phenoxy) is 2. The molecule has 0 amide bonds. The van der Waals surface area contributed by atoms with Crippen LogP contribution in [0.1, 0.15) is 25.2 Å². The lowest BCUT2D eigenvalue weighted by Crippen LogP contribution is -2.10. The Morgan fingerprint density at radius 3 is 2.74 bits per heavy atom. The molecule has 0 radical (unpaired) electrons. The molecule has 6 nitrogen and oxygen atoms in total. The van der Waals surface area contributed by atoms with Gasteiger partial charge in [0, 0.05) is 12.3 Å². The summed E-state index contributed by atoms with van der Waals surface area (Å²) >= 11 is 5.26. The highest BCUT2D eigenvalue weighted by Crippen LogP contribution is 2.28. The molecule has 1 heterocycles. The van der Waals surface area contributed by atoms with Gasteiger partial charge in [-0.25, -0.2) is 9.97 Å². The molecular formula is C16H20N4O2S. The largest absolute Gasteiger partial charge is 0.494 e. The van der Waals surface area contributed by atoms with E-state index < -0.39 is 0 Å². The molecule has 122 valence electrons. The normalized spacial score (nSPS) is 10.2. The summed E-state index contributed by atoms with van der Waals surface area (Å²) in [6.45, 7) is 6.67. The molecule has 1 aromatic carbocycles. The van der Waals surface area contributed by atoms with E-state index in [1.54, 1.807) is 19.2 Å². The Hall–Kier alpha value is -2.41. The van der Waals surface area contributed by atoms with Crippen LogP contribution in [0.15, 0.2) is 24.4 Å². The van der Waals surface area contributed by atoms with Crippen LogP contribution in [0.3, 0.4) is 0 Å². The van der Waals surface area contributed by atoms with Gasteiger partial charge in [0.05, 0.1) is 30.2 Å². The third-order valence-corrected chi connectivity index (χ3v) is 3.33. The van der Waals surface area contributed by atoms with Gasteiger partial charge in [-0.15, -0.1) is 0 Å². The standard InChI is InChI=1S/C16H20N4O2S/c1-4-21-11-6-7-14(13(17)8-11)20-15-12(16(23)22-5-2)9-18-10(3)19-15/h6-9H,4-5,17H2,1-3H3,(H,18,19,20). The number of nitrogens with one attached hydrogen (secondary N) is 1. The molecular weight excluding hydrogens is 312 g/mol. The number of aryl methyl sites for hydroxylation is 1. The first-order valence-electron chi connectivity index (χ1n) is 7.35. The fraction of sp³-hybridized carbons (Fsp3) is 0.312. The third-order valence-electron chi connectivity index (χ3n) is 2.99. The number of nitrogen functional groups attached to an aromatic ring is 1. The molecule has 7 heteroatoms. The van der Waals surface area contributed by atoms with Crippen LogP contribution in [0, 0.1) is 6.92 Å². The Morgan fingerprint density at radius 2 is 2.09 bits per heavy atom. The molecule has 0 unspecified atom stereocenters. The predicted molar refractivity (Wildman–Crippen MR) is 95.4 cm³/mol. The second-order valence-corrected chi connectivity index (χ2v) is 5.08. The zero-order valence-electron chi connectivity index (χ0n) is 13.4. The molecule has 0 bridgehead atoms. The first-order valence-corrected chi connectivity index (χ1v) is 7.76. The van der Waals surface area contributed by atoms with E-state index in [1.165, 1.54) is 0 Å². The van der Waals surface area contributed by atoms with Crippen LogP contribution >= 0.6 is 12.2 Å². The van der Waals surface area contributed by atoms with Gasteiger partial charge in [-0.1, -0.05) is 0 Å². The Balaban J connectivity index is 2.32. The first-order chi connectivity index (χ1) is 11.0. The van der Waals surface area contributed by atoms with Crippen LogP contribution in [0.2, 0.25) is 0 Å². The van der Waals surface area contributed by atoms with E-state index in [0.29, 0.717) is 46.8 Å². The van der Waals surface area contributed by atoms with Gasteiger partial charge in [0.1, 0.15) is 17.4 Å². The van der Waals surface area contributed by atoms with E-state index >= 15 is 0 Å². The summed E-state index contributed by atoms with van der Waals surface area (Å²) in [5.41, 5.74) is 7.97. The monoisotopic (exact) mass is 332 g/mol. The summed E-state index contributed by atoms with van der Waals surface area (Å²) in [6.07, 6.45) is 1.65. The van der Waals surface area contributed by atoms with Gasteiger partial charge in [-0.05, 0) is 45.1 Å². The third kappa shape index (κ3) is 4.29. The number of nitrogens with zero attached hydrogens (tertiary/aromatic N) is 2. The van der Waals surface area contributed by atoms with Crippen molar-refractivity contribution in [2.75, 3.05) is 24.3 Å². The van der Waals surface area contributed by atoms with Crippen molar-refractivity contribution in [1.29, 1.82) is 0 Å². The average molecular weight is 332 g/mol. The second kappa shape index (κ2) is 7.73. The molecule has 0 aliphatic rings. The highest BCUT2D eigenvalue weighted by atomic mass is 32.1. The summed E-state index contributed by atoms with van der Waals surface area (Å²) in [4.78, 5) is 8.57. The number of hydrogen-bond acceptors (Lipinski definition) is 7. The van der Waals surface area contributed by atoms with Gasteiger partial charge >= 0.3 is 0 Å². The van der Waals surface area contributed by atoms with E-state index in [2.05, 4.69) is 15.3 Å². The Kier molecular flexibility index (Phi) is 5.70. The van der Waals surface area contributed by atoms with Crippen LogP contribution < -0.4 is 15.8 Å². The molecule has 0 saturated heterocycles. The number of thiocarbonyl (C=S) groups is 1. The Morgan fingerprint density at radius 1 is 1.30 bits per heavy atom. The first kappa shape index (κ1) is 17.0. The van der Waals surface area contributed by atoms with Crippen LogP contribution in [0.4, 0.5) is 17.2 Å². The van der Waals surface area contributed by atoms with Crippen molar-refractivity contribution in [3.05, 3.63) is 35.8 Å². The lowest BCUT2D eigenvalue weighted by molar-refractivity contribution is 0.337. The number of nitrogens with two attached hydrogens (primary N) is 1. The Bertz CT molecular complexity index is 706. The smallest absolute Gasteiger partial charge is 0.196 e. The van der Waals surface area contributed by atoms with Crippen LogP contribution in [-0.4, -0.2) is 28.2 Å². The van der Waals surface area contributed by atoms with Crippen molar-refractivity contribution >= 4 is 34.5 Å². The minimum atomic E-state index is 0.347. The summed E-state index contributed by atoms with van der Waals surface area (Å²) in [5.74, 6) is 1.91. The molecule has 3 N–H and O–H groups in total. The molecule has 0 aliphatic carbocycles. The number of anilines is 3. The van der Waals surface area contributed by atoms with E-state index in [9.17, 15) is 0 Å². The number of hydrogen-bond donors (Lipinski definition) is 2. The molecule has 0 spiro atoms. The molecule has 2 aromatic rings. The van der Waals surface area contributed by atoms with Crippen molar-refractivity contribution in [1.82, 2.24) is 9.97 Å². The zero-order valence-corrected chi connectivity index (χ0v) is 14.2. The lowest BCUT2D eigenvalue weighted by Gasteiger charge is -2.14. The van der Waals surface area contributed by atoms with Crippen molar-refractivity contribution < 1.29 is 9.47 Å². The van der Waals surface area contributed by atoms with Crippen molar-refractivity contribution in [2.45, 2.75) is 20.8 Å². The van der Waals surface area contributed by atoms with E-state index in [0.717, 1.165) is 5.75 Å². The fourth-order valence-corrected chi connectivity index (χ4v) is 2.23. The van der Waals surface area contributed by atoms with Gasteiger partial charge in [0.25, 0.3) is 0 Å². The predicted octanol–water partition coefficient (Wildman–Crippen LogP) is 3.22. The summed E-state index contributed by atoms with van der Waals surface area (Å²) in [6, 6.07) is 5.45. The summed E-state index contributed by atoms with van der Waals surface area (Å²) in [7, 11) is 0. The maximum atomic E-state index is 6.07. The number of rotatable bonds is 6. The van der Waals surface area contributed by atoms with E-state index in [1.807, 2.05) is 26.0 Å².